The van der Waals surface area contributed by atoms with Gasteiger partial charge in [0, 0.05) is 10.5 Å². The van der Waals surface area contributed by atoms with Crippen LogP contribution in [0.3, 0.4) is 0 Å². The third-order valence-electron chi connectivity index (χ3n) is 4.42. The molecule has 1 aliphatic rings. The fraction of sp³-hybridized carbons (Fsp3) is 0.412. The zero-order chi connectivity index (χ0) is 16.2. The highest BCUT2D eigenvalue weighted by Crippen LogP contribution is 2.25. The van der Waals surface area contributed by atoms with Crippen molar-refractivity contribution in [2.75, 3.05) is 0 Å². The summed E-state index contributed by atoms with van der Waals surface area (Å²) < 4.78 is 1.06. The summed E-state index contributed by atoms with van der Waals surface area (Å²) in [7, 11) is 0. The van der Waals surface area contributed by atoms with Crippen LogP contribution in [-0.2, 0) is 11.3 Å². The van der Waals surface area contributed by atoms with Crippen molar-refractivity contribution < 1.29 is 9.90 Å². The Morgan fingerprint density at radius 2 is 1.96 bits per heavy atom. The van der Waals surface area contributed by atoms with Gasteiger partial charge in [-0.25, -0.2) is 4.98 Å². The number of carboxylic acids is 1. The predicted molar refractivity (Wildman–Crippen MR) is 91.9 cm³/mol. The molecule has 1 aliphatic carbocycles. The smallest absolute Gasteiger partial charge is 0.306 e. The summed E-state index contributed by atoms with van der Waals surface area (Å²) in [6.45, 7) is 0.679. The molecule has 0 amide bonds. The zero-order valence-electron chi connectivity index (χ0n) is 12.8. The van der Waals surface area contributed by atoms with Gasteiger partial charge in [-0.2, -0.15) is 0 Å². The molecule has 3 rings (SSSR count). The van der Waals surface area contributed by atoms with Crippen molar-refractivity contribution in [2.45, 2.75) is 38.3 Å². The van der Waals surface area contributed by atoms with Crippen LogP contribution in [-0.4, -0.2) is 27.1 Å². The Hall–Kier alpha value is -1.66. The molecule has 1 heterocycles. The average molecular weight is 378 g/mol. The Kier molecular flexibility index (Phi) is 5.13. The molecule has 0 saturated heterocycles. The van der Waals surface area contributed by atoms with Gasteiger partial charge in [-0.15, -0.1) is 0 Å². The Balaban J connectivity index is 1.52. The van der Waals surface area contributed by atoms with Crippen LogP contribution in [0.4, 0.5) is 0 Å². The predicted octanol–water partition coefficient (Wildman–Crippen LogP) is 3.57. The van der Waals surface area contributed by atoms with E-state index in [0.717, 1.165) is 47.2 Å². The second-order valence-electron chi connectivity index (χ2n) is 6.02. The maximum Gasteiger partial charge on any atom is 0.306 e. The van der Waals surface area contributed by atoms with E-state index < -0.39 is 5.97 Å². The van der Waals surface area contributed by atoms with Gasteiger partial charge < -0.3 is 15.4 Å². The van der Waals surface area contributed by atoms with E-state index in [2.05, 4.69) is 31.2 Å². The van der Waals surface area contributed by atoms with Gasteiger partial charge in [-0.05, 0) is 43.4 Å². The first-order chi connectivity index (χ1) is 11.1. The third-order valence-corrected chi connectivity index (χ3v) is 4.95. The molecule has 2 aromatic rings. The minimum atomic E-state index is -0.659. The highest BCUT2D eigenvalue weighted by atomic mass is 79.9. The number of carboxylic acid groups (broad SMARTS) is 1. The van der Waals surface area contributed by atoms with Gasteiger partial charge >= 0.3 is 5.97 Å². The Morgan fingerprint density at radius 1 is 1.26 bits per heavy atom. The zero-order valence-corrected chi connectivity index (χ0v) is 14.3. The summed E-state index contributed by atoms with van der Waals surface area (Å²) in [5.41, 5.74) is 2.11. The van der Waals surface area contributed by atoms with Crippen LogP contribution in [0, 0.1) is 5.92 Å². The van der Waals surface area contributed by atoms with Crippen LogP contribution >= 0.6 is 15.9 Å². The van der Waals surface area contributed by atoms with Crippen LogP contribution in [0.15, 0.2) is 34.9 Å². The number of hydrogen-bond donors (Lipinski definition) is 3. The van der Waals surface area contributed by atoms with E-state index in [-0.39, 0.29) is 5.92 Å². The minimum Gasteiger partial charge on any atom is -0.481 e. The Morgan fingerprint density at radius 3 is 2.61 bits per heavy atom. The van der Waals surface area contributed by atoms with E-state index >= 15 is 0 Å². The lowest BCUT2D eigenvalue weighted by Crippen LogP contribution is -2.34. The first-order valence-electron chi connectivity index (χ1n) is 7.88. The molecule has 0 unspecified atom stereocenters. The fourth-order valence-corrected chi connectivity index (χ4v) is 3.28. The number of aromatic nitrogens is 2. The number of nitrogens with one attached hydrogen (secondary N) is 2. The number of hydrogen-bond acceptors (Lipinski definition) is 3. The topological polar surface area (TPSA) is 78.0 Å². The van der Waals surface area contributed by atoms with Gasteiger partial charge in [0.1, 0.15) is 5.82 Å². The largest absolute Gasteiger partial charge is 0.481 e. The number of rotatable bonds is 5. The number of aliphatic carboxylic acids is 1. The van der Waals surface area contributed by atoms with Gasteiger partial charge in [-0.3, -0.25) is 4.79 Å². The first-order valence-corrected chi connectivity index (χ1v) is 8.67. The lowest BCUT2D eigenvalue weighted by atomic mass is 9.86. The quantitative estimate of drug-likeness (QED) is 0.743. The van der Waals surface area contributed by atoms with E-state index in [1.54, 1.807) is 0 Å². The molecule has 0 bridgehead atoms. The summed E-state index contributed by atoms with van der Waals surface area (Å²) in [4.78, 5) is 18.7. The molecule has 1 fully saturated rings. The van der Waals surface area contributed by atoms with Crippen molar-refractivity contribution in [1.82, 2.24) is 15.3 Å². The van der Waals surface area contributed by atoms with Gasteiger partial charge in [0.2, 0.25) is 0 Å². The minimum absolute atomic E-state index is 0.166. The summed E-state index contributed by atoms with van der Waals surface area (Å²) >= 11 is 3.43. The molecule has 0 spiro atoms. The number of carbonyl (C=O) groups is 1. The number of aromatic amines is 1. The van der Waals surface area contributed by atoms with Crippen LogP contribution in [0.2, 0.25) is 0 Å². The fourth-order valence-electron chi connectivity index (χ4n) is 3.01. The van der Waals surface area contributed by atoms with Crippen LogP contribution in [0.5, 0.6) is 0 Å². The lowest BCUT2D eigenvalue weighted by molar-refractivity contribution is -0.142. The summed E-state index contributed by atoms with van der Waals surface area (Å²) in [5, 5.41) is 12.5. The number of imidazole rings is 1. The molecule has 1 aromatic carbocycles. The van der Waals surface area contributed by atoms with Crippen LogP contribution in [0.25, 0.3) is 11.3 Å². The average Bonchev–Trinajstić information content (AvgIpc) is 3.03. The number of H-pyrrole nitrogens is 1. The molecule has 5 nitrogen and oxygen atoms in total. The normalized spacial score (nSPS) is 21.3. The number of halogens is 1. The highest BCUT2D eigenvalue weighted by Gasteiger charge is 2.25. The van der Waals surface area contributed by atoms with Crippen molar-refractivity contribution in [1.29, 1.82) is 0 Å². The van der Waals surface area contributed by atoms with Crippen LogP contribution < -0.4 is 5.32 Å². The van der Waals surface area contributed by atoms with Crippen molar-refractivity contribution in [3.05, 3.63) is 40.8 Å². The Bertz CT molecular complexity index is 661. The van der Waals surface area contributed by atoms with Crippen molar-refractivity contribution in [2.24, 2.45) is 5.92 Å². The maximum absolute atomic E-state index is 11.0. The summed E-state index contributed by atoms with van der Waals surface area (Å²) in [6, 6.07) is 8.49. The van der Waals surface area contributed by atoms with Crippen molar-refractivity contribution in [3.63, 3.8) is 0 Å². The van der Waals surface area contributed by atoms with E-state index in [4.69, 9.17) is 5.11 Å². The van der Waals surface area contributed by atoms with E-state index in [0.29, 0.717) is 12.6 Å². The molecule has 0 atom stereocenters. The second kappa shape index (κ2) is 7.27. The van der Waals surface area contributed by atoms with E-state index in [1.807, 2.05) is 30.5 Å². The molecule has 3 N–H and O–H groups in total. The van der Waals surface area contributed by atoms with Gasteiger partial charge in [0.15, 0.2) is 0 Å². The van der Waals surface area contributed by atoms with E-state index in [9.17, 15) is 4.79 Å². The molecule has 0 aliphatic heterocycles. The van der Waals surface area contributed by atoms with Gasteiger partial charge in [-0.1, -0.05) is 28.1 Å². The molecule has 0 radical (unpaired) electrons. The summed E-state index contributed by atoms with van der Waals surface area (Å²) in [6.07, 6.45) is 5.20. The number of nitrogens with zero attached hydrogens (tertiary/aromatic N) is 1. The second-order valence-corrected chi connectivity index (χ2v) is 6.93. The SMILES string of the molecule is O=C(O)C1CCC(NCc2ncc(-c3ccc(Br)cc3)[nH]2)CC1. The van der Waals surface area contributed by atoms with Crippen LogP contribution in [0.1, 0.15) is 31.5 Å². The molecular weight excluding hydrogens is 358 g/mol. The van der Waals surface area contributed by atoms with Gasteiger partial charge in [0.05, 0.1) is 24.4 Å². The standard InChI is InChI=1S/C17H20BrN3O2/c18-13-5-1-11(2-6-13)15-9-20-16(21-15)10-19-14-7-3-12(4-8-14)17(22)23/h1-2,5-6,9,12,14,19H,3-4,7-8,10H2,(H,20,21)(H,22,23). The first kappa shape index (κ1) is 16.2. The Labute approximate surface area is 143 Å². The van der Waals surface area contributed by atoms with Crippen molar-refractivity contribution in [3.8, 4) is 11.3 Å². The third kappa shape index (κ3) is 4.20. The molecular formula is C17H20BrN3O2. The molecule has 122 valence electrons. The van der Waals surface area contributed by atoms with Crippen molar-refractivity contribution >= 4 is 21.9 Å². The van der Waals surface area contributed by atoms with E-state index in [1.165, 1.54) is 0 Å². The summed E-state index contributed by atoms with van der Waals surface area (Å²) in [5.74, 6) is 0.0811. The molecule has 6 heteroatoms. The highest BCUT2D eigenvalue weighted by molar-refractivity contribution is 9.10. The lowest BCUT2D eigenvalue weighted by Gasteiger charge is -2.26. The molecule has 1 saturated carbocycles. The van der Waals surface area contributed by atoms with Gasteiger partial charge in [0.25, 0.3) is 0 Å². The maximum atomic E-state index is 11.0. The number of benzene rings is 1. The monoisotopic (exact) mass is 377 g/mol. The molecule has 23 heavy (non-hydrogen) atoms. The molecule has 1 aromatic heterocycles.